The first-order chi connectivity index (χ1) is 9.56. The predicted octanol–water partition coefficient (Wildman–Crippen LogP) is 4.43. The molecule has 0 atom stereocenters. The van der Waals surface area contributed by atoms with Crippen LogP contribution in [0.15, 0.2) is 46.9 Å². The second-order valence-electron chi connectivity index (χ2n) is 4.23. The van der Waals surface area contributed by atoms with Crippen molar-refractivity contribution in [2.24, 2.45) is 0 Å². The Morgan fingerprint density at radius 1 is 1.30 bits per heavy atom. The first-order valence-electron chi connectivity index (χ1n) is 5.99. The number of amides is 1. The third-order valence-corrected chi connectivity index (χ3v) is 3.70. The molecule has 0 aliphatic carbocycles. The molecule has 20 heavy (non-hydrogen) atoms. The van der Waals surface area contributed by atoms with Crippen molar-refractivity contribution in [3.63, 3.8) is 0 Å². The van der Waals surface area contributed by atoms with Crippen molar-refractivity contribution in [2.45, 2.75) is 6.92 Å². The van der Waals surface area contributed by atoms with Crippen LogP contribution in [0.2, 0.25) is 5.02 Å². The van der Waals surface area contributed by atoms with Gasteiger partial charge < -0.3 is 10.1 Å². The fraction of sp³-hybridized carbons (Fsp3) is 0.133. The van der Waals surface area contributed by atoms with Crippen molar-refractivity contribution in [1.82, 2.24) is 0 Å². The van der Waals surface area contributed by atoms with Crippen molar-refractivity contribution in [3.8, 4) is 5.75 Å². The zero-order valence-corrected chi connectivity index (χ0v) is 13.2. The van der Waals surface area contributed by atoms with E-state index in [-0.39, 0.29) is 12.5 Å². The van der Waals surface area contributed by atoms with E-state index in [4.69, 9.17) is 16.3 Å². The SMILES string of the molecule is Cc1cc(Br)c(NC(=O)COc2ccccc2)cc1Cl. The first-order valence-corrected chi connectivity index (χ1v) is 7.16. The molecule has 0 saturated heterocycles. The average Bonchev–Trinajstić information content (AvgIpc) is 2.44. The summed E-state index contributed by atoms with van der Waals surface area (Å²) in [7, 11) is 0. The number of carbonyl (C=O) groups is 1. The van der Waals surface area contributed by atoms with Crippen molar-refractivity contribution in [2.75, 3.05) is 11.9 Å². The van der Waals surface area contributed by atoms with Gasteiger partial charge in [0, 0.05) is 9.50 Å². The van der Waals surface area contributed by atoms with Crippen LogP contribution < -0.4 is 10.1 Å². The van der Waals surface area contributed by atoms with Crippen LogP contribution in [0.25, 0.3) is 0 Å². The maximum atomic E-state index is 11.8. The van der Waals surface area contributed by atoms with Gasteiger partial charge >= 0.3 is 0 Å². The monoisotopic (exact) mass is 353 g/mol. The zero-order chi connectivity index (χ0) is 14.5. The van der Waals surface area contributed by atoms with Crippen LogP contribution in [0.3, 0.4) is 0 Å². The van der Waals surface area contributed by atoms with E-state index in [1.807, 2.05) is 31.2 Å². The minimum absolute atomic E-state index is 0.0536. The third-order valence-electron chi connectivity index (χ3n) is 2.64. The van der Waals surface area contributed by atoms with E-state index in [0.717, 1.165) is 10.0 Å². The lowest BCUT2D eigenvalue weighted by Gasteiger charge is -2.10. The van der Waals surface area contributed by atoms with Gasteiger partial charge in [-0.15, -0.1) is 0 Å². The number of rotatable bonds is 4. The van der Waals surface area contributed by atoms with Crippen LogP contribution in [-0.2, 0) is 4.79 Å². The Labute approximate surface area is 131 Å². The smallest absolute Gasteiger partial charge is 0.262 e. The molecule has 2 rings (SSSR count). The van der Waals surface area contributed by atoms with Gasteiger partial charge in [-0.3, -0.25) is 4.79 Å². The number of nitrogens with one attached hydrogen (secondary N) is 1. The Hall–Kier alpha value is -1.52. The van der Waals surface area contributed by atoms with Crippen LogP contribution in [-0.4, -0.2) is 12.5 Å². The van der Waals surface area contributed by atoms with Gasteiger partial charge in [-0.05, 0) is 52.7 Å². The lowest BCUT2D eigenvalue weighted by molar-refractivity contribution is -0.118. The fourth-order valence-electron chi connectivity index (χ4n) is 1.59. The summed E-state index contributed by atoms with van der Waals surface area (Å²) >= 11 is 9.43. The Morgan fingerprint density at radius 3 is 2.70 bits per heavy atom. The van der Waals surface area contributed by atoms with Gasteiger partial charge in [-0.1, -0.05) is 29.8 Å². The normalized spacial score (nSPS) is 10.2. The van der Waals surface area contributed by atoms with Crippen molar-refractivity contribution < 1.29 is 9.53 Å². The fourth-order valence-corrected chi connectivity index (χ4v) is 2.31. The summed E-state index contributed by atoms with van der Waals surface area (Å²) in [6.07, 6.45) is 0. The number of hydrogen-bond donors (Lipinski definition) is 1. The summed E-state index contributed by atoms with van der Waals surface area (Å²) in [5.41, 5.74) is 1.57. The minimum Gasteiger partial charge on any atom is -0.484 e. The summed E-state index contributed by atoms with van der Waals surface area (Å²) in [6.45, 7) is 1.85. The molecule has 2 aromatic rings. The van der Waals surface area contributed by atoms with Gasteiger partial charge in [0.05, 0.1) is 5.69 Å². The van der Waals surface area contributed by atoms with Crippen LogP contribution in [0.4, 0.5) is 5.69 Å². The number of anilines is 1. The van der Waals surface area contributed by atoms with Crippen molar-refractivity contribution in [1.29, 1.82) is 0 Å². The standard InChI is InChI=1S/C15H13BrClNO2/c1-10-7-12(16)14(8-13(10)17)18-15(19)9-20-11-5-3-2-4-6-11/h2-8H,9H2,1H3,(H,18,19). The molecule has 1 N–H and O–H groups in total. The van der Waals surface area contributed by atoms with Crippen LogP contribution in [0, 0.1) is 6.92 Å². The van der Waals surface area contributed by atoms with E-state index in [1.165, 1.54) is 0 Å². The third kappa shape index (κ3) is 3.99. The van der Waals surface area contributed by atoms with Crippen LogP contribution in [0.5, 0.6) is 5.75 Å². The Kier molecular flexibility index (Phi) is 5.04. The minimum atomic E-state index is -0.241. The van der Waals surface area contributed by atoms with Gasteiger partial charge in [0.2, 0.25) is 0 Å². The highest BCUT2D eigenvalue weighted by Gasteiger charge is 2.08. The van der Waals surface area contributed by atoms with Crippen molar-refractivity contribution >= 4 is 39.1 Å². The zero-order valence-electron chi connectivity index (χ0n) is 10.8. The Balaban J connectivity index is 1.97. The molecule has 1 amide bonds. The molecule has 0 bridgehead atoms. The summed E-state index contributed by atoms with van der Waals surface area (Å²) in [5.74, 6) is 0.415. The Morgan fingerprint density at radius 2 is 2.00 bits per heavy atom. The Bertz CT molecular complexity index is 617. The summed E-state index contributed by atoms with van der Waals surface area (Å²) in [5, 5.41) is 3.36. The molecule has 5 heteroatoms. The largest absolute Gasteiger partial charge is 0.484 e. The molecule has 0 fully saturated rings. The van der Waals surface area contributed by atoms with Gasteiger partial charge in [-0.2, -0.15) is 0 Å². The van der Waals surface area contributed by atoms with Gasteiger partial charge in [0.15, 0.2) is 6.61 Å². The number of aryl methyl sites for hydroxylation is 1. The number of ether oxygens (including phenoxy) is 1. The summed E-state index contributed by atoms with van der Waals surface area (Å²) in [6, 6.07) is 12.8. The van der Waals surface area contributed by atoms with E-state index >= 15 is 0 Å². The predicted molar refractivity (Wildman–Crippen MR) is 84.5 cm³/mol. The molecule has 0 unspecified atom stereocenters. The summed E-state index contributed by atoms with van der Waals surface area (Å²) in [4.78, 5) is 11.8. The average molecular weight is 355 g/mol. The maximum absolute atomic E-state index is 11.8. The molecular weight excluding hydrogens is 342 g/mol. The molecule has 0 aliphatic heterocycles. The lowest BCUT2D eigenvalue weighted by atomic mass is 10.2. The number of benzene rings is 2. The number of hydrogen-bond acceptors (Lipinski definition) is 2. The summed E-state index contributed by atoms with van der Waals surface area (Å²) < 4.78 is 6.16. The molecule has 0 spiro atoms. The first kappa shape index (κ1) is 14.9. The molecule has 2 aromatic carbocycles. The van der Waals surface area contributed by atoms with Gasteiger partial charge in [0.25, 0.3) is 5.91 Å². The van der Waals surface area contributed by atoms with Gasteiger partial charge in [0.1, 0.15) is 5.75 Å². The molecule has 0 aliphatic rings. The molecule has 0 aromatic heterocycles. The van der Waals surface area contributed by atoms with Crippen LogP contribution >= 0.6 is 27.5 Å². The number of carbonyl (C=O) groups excluding carboxylic acids is 1. The van der Waals surface area contributed by atoms with E-state index in [2.05, 4.69) is 21.2 Å². The quantitative estimate of drug-likeness (QED) is 0.882. The maximum Gasteiger partial charge on any atom is 0.262 e. The lowest BCUT2D eigenvalue weighted by Crippen LogP contribution is -2.20. The van der Waals surface area contributed by atoms with Gasteiger partial charge in [-0.25, -0.2) is 0 Å². The highest BCUT2D eigenvalue weighted by molar-refractivity contribution is 9.10. The molecule has 0 radical (unpaired) electrons. The topological polar surface area (TPSA) is 38.3 Å². The van der Waals surface area contributed by atoms with E-state index in [1.54, 1.807) is 18.2 Å². The molecular formula is C15H13BrClNO2. The highest BCUT2D eigenvalue weighted by Crippen LogP contribution is 2.29. The van der Waals surface area contributed by atoms with E-state index in [9.17, 15) is 4.79 Å². The van der Waals surface area contributed by atoms with Crippen molar-refractivity contribution in [3.05, 3.63) is 57.5 Å². The number of halogens is 2. The second-order valence-corrected chi connectivity index (χ2v) is 5.49. The second kappa shape index (κ2) is 6.77. The highest BCUT2D eigenvalue weighted by atomic mass is 79.9. The molecule has 3 nitrogen and oxygen atoms in total. The molecule has 104 valence electrons. The van der Waals surface area contributed by atoms with E-state index < -0.39 is 0 Å². The number of para-hydroxylation sites is 1. The molecule has 0 saturated carbocycles. The molecule has 0 heterocycles. The van der Waals surface area contributed by atoms with E-state index in [0.29, 0.717) is 16.5 Å². The van der Waals surface area contributed by atoms with Crippen LogP contribution in [0.1, 0.15) is 5.56 Å².